The first-order valence-corrected chi connectivity index (χ1v) is 6.30. The molecular weight excluding hydrogens is 282 g/mol. The lowest BCUT2D eigenvalue weighted by Crippen LogP contribution is -1.83. The number of rotatable bonds is 2. The largest absolute Gasteiger partial charge is 0.264 e. The maximum Gasteiger partial charge on any atom is 0.0489 e. The normalized spacial score (nSPS) is 10.4. The molecule has 2 rings (SSSR count). The summed E-state index contributed by atoms with van der Waals surface area (Å²) in [4.78, 5) is 4.15. The van der Waals surface area contributed by atoms with E-state index in [4.69, 9.17) is 11.6 Å². The highest BCUT2D eigenvalue weighted by atomic mass is 79.9. The van der Waals surface area contributed by atoms with Crippen molar-refractivity contribution in [1.82, 2.24) is 4.98 Å². The minimum atomic E-state index is 0.503. The van der Waals surface area contributed by atoms with Gasteiger partial charge in [-0.1, -0.05) is 0 Å². The van der Waals surface area contributed by atoms with Crippen LogP contribution in [0.15, 0.2) is 33.7 Å². The number of hydrogen-bond donors (Lipinski definition) is 0. The summed E-state index contributed by atoms with van der Waals surface area (Å²) in [6, 6.07) is 2.06. The molecule has 0 atom stereocenters. The average molecular weight is 289 g/mol. The third-order valence-electron chi connectivity index (χ3n) is 1.87. The highest BCUT2D eigenvalue weighted by molar-refractivity contribution is 9.10. The fourth-order valence-electron chi connectivity index (χ4n) is 1.20. The summed E-state index contributed by atoms with van der Waals surface area (Å²) in [5.41, 5.74) is 3.33. The average Bonchev–Trinajstić information content (AvgIpc) is 2.65. The van der Waals surface area contributed by atoms with Crippen LogP contribution in [-0.2, 0) is 5.88 Å². The van der Waals surface area contributed by atoms with E-state index >= 15 is 0 Å². The minimum Gasteiger partial charge on any atom is -0.264 e. The van der Waals surface area contributed by atoms with Crippen molar-refractivity contribution in [3.8, 4) is 11.1 Å². The van der Waals surface area contributed by atoms with E-state index in [1.807, 2.05) is 6.20 Å². The zero-order valence-corrected chi connectivity index (χ0v) is 10.4. The van der Waals surface area contributed by atoms with Gasteiger partial charge in [0.15, 0.2) is 0 Å². The Bertz CT molecular complexity index is 441. The molecule has 0 saturated heterocycles. The van der Waals surface area contributed by atoms with Crippen LogP contribution in [0.1, 0.15) is 5.56 Å². The lowest BCUT2D eigenvalue weighted by molar-refractivity contribution is 1.25. The highest BCUT2D eigenvalue weighted by Gasteiger charge is 2.04. The van der Waals surface area contributed by atoms with Crippen LogP contribution in [0.3, 0.4) is 0 Å². The highest BCUT2D eigenvalue weighted by Crippen LogP contribution is 2.31. The van der Waals surface area contributed by atoms with Crippen molar-refractivity contribution in [3.05, 3.63) is 39.3 Å². The standard InChI is InChI=1S/C10H7BrClNS/c11-10-6-14-5-9(10)8-1-7(2-12)3-13-4-8/h1,3-6H,2H2. The van der Waals surface area contributed by atoms with Gasteiger partial charge in [0.2, 0.25) is 0 Å². The van der Waals surface area contributed by atoms with E-state index in [0.717, 1.165) is 15.6 Å². The minimum absolute atomic E-state index is 0.503. The number of pyridine rings is 1. The van der Waals surface area contributed by atoms with Gasteiger partial charge in [0, 0.05) is 39.3 Å². The van der Waals surface area contributed by atoms with Crippen molar-refractivity contribution >= 4 is 38.9 Å². The molecule has 0 saturated carbocycles. The van der Waals surface area contributed by atoms with Crippen molar-refractivity contribution in [2.75, 3.05) is 0 Å². The van der Waals surface area contributed by atoms with E-state index in [9.17, 15) is 0 Å². The van der Waals surface area contributed by atoms with Gasteiger partial charge in [-0.05, 0) is 32.9 Å². The number of thiophene rings is 1. The van der Waals surface area contributed by atoms with Crippen molar-refractivity contribution in [3.63, 3.8) is 0 Å². The van der Waals surface area contributed by atoms with Gasteiger partial charge < -0.3 is 0 Å². The van der Waals surface area contributed by atoms with Crippen LogP contribution in [0.25, 0.3) is 11.1 Å². The molecule has 0 spiro atoms. The number of hydrogen-bond acceptors (Lipinski definition) is 2. The molecule has 0 unspecified atom stereocenters. The smallest absolute Gasteiger partial charge is 0.0489 e. The molecule has 0 aliphatic rings. The summed E-state index contributed by atoms with van der Waals surface area (Å²) in [5.74, 6) is 0.503. The second kappa shape index (κ2) is 4.43. The van der Waals surface area contributed by atoms with Gasteiger partial charge in [0.05, 0.1) is 0 Å². The molecule has 2 aromatic heterocycles. The van der Waals surface area contributed by atoms with Crippen molar-refractivity contribution in [1.29, 1.82) is 0 Å². The molecule has 1 nitrogen and oxygen atoms in total. The van der Waals surface area contributed by atoms with Gasteiger partial charge >= 0.3 is 0 Å². The summed E-state index contributed by atoms with van der Waals surface area (Å²) in [6.45, 7) is 0. The van der Waals surface area contributed by atoms with Crippen molar-refractivity contribution in [2.24, 2.45) is 0 Å². The first kappa shape index (κ1) is 10.1. The van der Waals surface area contributed by atoms with E-state index < -0.39 is 0 Å². The quantitative estimate of drug-likeness (QED) is 0.750. The summed E-state index contributed by atoms with van der Waals surface area (Å²) < 4.78 is 1.11. The molecule has 0 aromatic carbocycles. The van der Waals surface area contributed by atoms with Gasteiger partial charge in [-0.25, -0.2) is 0 Å². The van der Waals surface area contributed by atoms with Crippen molar-refractivity contribution < 1.29 is 0 Å². The number of nitrogens with zero attached hydrogens (tertiary/aromatic N) is 1. The Balaban J connectivity index is 2.47. The van der Waals surface area contributed by atoms with Crippen LogP contribution in [0, 0.1) is 0 Å². The number of aromatic nitrogens is 1. The predicted molar refractivity (Wildman–Crippen MR) is 64.8 cm³/mol. The Morgan fingerprint density at radius 3 is 2.86 bits per heavy atom. The second-order valence-electron chi connectivity index (χ2n) is 2.85. The molecule has 0 fully saturated rings. The molecule has 0 bridgehead atoms. The molecular formula is C10H7BrClNS. The Kier molecular flexibility index (Phi) is 3.21. The Morgan fingerprint density at radius 1 is 1.36 bits per heavy atom. The Labute approximate surface area is 99.9 Å². The summed E-state index contributed by atoms with van der Waals surface area (Å²) >= 11 is 10.9. The molecule has 14 heavy (non-hydrogen) atoms. The first-order valence-electron chi connectivity index (χ1n) is 4.03. The second-order valence-corrected chi connectivity index (χ2v) is 4.71. The fourth-order valence-corrected chi connectivity index (χ4v) is 2.87. The van der Waals surface area contributed by atoms with Crippen LogP contribution in [0.2, 0.25) is 0 Å². The summed E-state index contributed by atoms with van der Waals surface area (Å²) in [5, 5.41) is 4.15. The van der Waals surface area contributed by atoms with Crippen LogP contribution >= 0.6 is 38.9 Å². The molecule has 0 amide bonds. The van der Waals surface area contributed by atoms with E-state index in [1.54, 1.807) is 17.5 Å². The van der Waals surface area contributed by atoms with Crippen LogP contribution in [0.5, 0.6) is 0 Å². The monoisotopic (exact) mass is 287 g/mol. The van der Waals surface area contributed by atoms with E-state index in [2.05, 4.69) is 37.7 Å². The van der Waals surface area contributed by atoms with Crippen LogP contribution in [-0.4, -0.2) is 4.98 Å². The van der Waals surface area contributed by atoms with Gasteiger partial charge in [0.1, 0.15) is 0 Å². The zero-order valence-electron chi connectivity index (χ0n) is 7.21. The molecule has 0 aliphatic carbocycles. The molecule has 2 heterocycles. The van der Waals surface area contributed by atoms with Crippen LogP contribution in [0.4, 0.5) is 0 Å². The topological polar surface area (TPSA) is 12.9 Å². The summed E-state index contributed by atoms with van der Waals surface area (Å²) in [7, 11) is 0. The molecule has 2 aromatic rings. The Morgan fingerprint density at radius 2 is 2.21 bits per heavy atom. The maximum absolute atomic E-state index is 5.75. The fraction of sp³-hybridized carbons (Fsp3) is 0.100. The maximum atomic E-state index is 5.75. The zero-order chi connectivity index (χ0) is 9.97. The van der Waals surface area contributed by atoms with Crippen molar-refractivity contribution in [2.45, 2.75) is 5.88 Å². The van der Waals surface area contributed by atoms with E-state index in [1.165, 1.54) is 5.56 Å². The molecule has 0 radical (unpaired) electrons. The summed E-state index contributed by atoms with van der Waals surface area (Å²) in [6.07, 6.45) is 3.64. The van der Waals surface area contributed by atoms with E-state index in [-0.39, 0.29) is 0 Å². The molecule has 0 N–H and O–H groups in total. The lowest BCUT2D eigenvalue weighted by atomic mass is 10.1. The Hall–Kier alpha value is -0.380. The third kappa shape index (κ3) is 2.00. The molecule has 4 heteroatoms. The number of alkyl halides is 1. The molecule has 72 valence electrons. The van der Waals surface area contributed by atoms with E-state index in [0.29, 0.717) is 5.88 Å². The third-order valence-corrected chi connectivity index (χ3v) is 3.89. The number of halogens is 2. The first-order chi connectivity index (χ1) is 6.81. The van der Waals surface area contributed by atoms with Gasteiger partial charge in [-0.3, -0.25) is 4.98 Å². The lowest BCUT2D eigenvalue weighted by Gasteiger charge is -2.00. The van der Waals surface area contributed by atoms with Crippen LogP contribution < -0.4 is 0 Å². The SMILES string of the molecule is ClCc1cncc(-c2cscc2Br)c1. The van der Waals surface area contributed by atoms with Gasteiger partial charge in [-0.2, -0.15) is 11.3 Å². The van der Waals surface area contributed by atoms with Gasteiger partial charge in [0.25, 0.3) is 0 Å². The molecule has 0 aliphatic heterocycles. The predicted octanol–water partition coefficient (Wildman–Crippen LogP) is 4.31. The van der Waals surface area contributed by atoms with Gasteiger partial charge in [-0.15, -0.1) is 11.6 Å².